The van der Waals surface area contributed by atoms with Gasteiger partial charge in [-0.05, 0) is 35.9 Å². The Bertz CT molecular complexity index is 2200. The highest BCUT2D eigenvalue weighted by molar-refractivity contribution is 5.95. The van der Waals surface area contributed by atoms with Gasteiger partial charge in [0.15, 0.2) is 23.0 Å². The van der Waals surface area contributed by atoms with E-state index in [2.05, 4.69) is 20.4 Å². The Morgan fingerprint density at radius 3 is 1.60 bits per heavy atom. The van der Waals surface area contributed by atoms with Crippen LogP contribution < -0.4 is 24.3 Å². The van der Waals surface area contributed by atoms with Crippen molar-refractivity contribution in [2.75, 3.05) is 119 Å². The minimum absolute atomic E-state index is 0.0994. The number of aromatic nitrogens is 4. The van der Waals surface area contributed by atoms with Crippen LogP contribution in [0.15, 0.2) is 61.2 Å². The number of amides is 4. The van der Waals surface area contributed by atoms with E-state index in [1.165, 1.54) is 34.2 Å². The lowest BCUT2D eigenvalue weighted by Crippen LogP contribution is -2.49. The van der Waals surface area contributed by atoms with Gasteiger partial charge in [-0.15, -0.1) is 0 Å². The normalized spacial score (nSPS) is 18.2. The SMILES string of the molecule is O=C(c1cnn(C(=O)N2CCN(Cc3ccc4c(c3)OCO4)CC2)c1)N1CCOCC1.O=C(c1cnn(C(=O)N2CCNCC2)c1)N1CCOCC1.O=Cc1ccc2c(c1)OCO2. The van der Waals surface area contributed by atoms with Gasteiger partial charge in [0.2, 0.25) is 13.6 Å². The zero-order valence-corrected chi connectivity index (χ0v) is 34.8. The third-order valence-electron chi connectivity index (χ3n) is 11.1. The van der Waals surface area contributed by atoms with E-state index >= 15 is 0 Å². The van der Waals surface area contributed by atoms with Crippen molar-refractivity contribution >= 4 is 30.2 Å². The zero-order valence-electron chi connectivity index (χ0n) is 34.8. The standard InChI is InChI=1S/C21H25N5O5.C13H19N5O3.C8H6O3/c27-20(24-7-9-29-10-8-24)17-12-22-26(14-17)21(28)25-5-3-23(4-6-25)13-16-1-2-18-19(11-16)31-15-30-18;19-12(16-5-7-21-8-6-16)11-9-15-18(10-11)13(20)17-3-1-14-2-4-17;9-4-6-1-2-7-8(3-6)11-5-10-7/h1-2,11-12,14H,3-10,13,15H2;9-10,14H,1-8H2;1-4H,5H2. The largest absolute Gasteiger partial charge is 0.454 e. The monoisotopic (exact) mass is 870 g/mol. The Morgan fingerprint density at radius 1 is 0.571 bits per heavy atom. The van der Waals surface area contributed by atoms with Crippen LogP contribution in [0.1, 0.15) is 36.6 Å². The van der Waals surface area contributed by atoms with Gasteiger partial charge in [-0.2, -0.15) is 19.6 Å². The molecule has 4 aromatic rings. The molecule has 10 rings (SSSR count). The summed E-state index contributed by atoms with van der Waals surface area (Å²) < 4.78 is 33.9. The quantitative estimate of drug-likeness (QED) is 0.281. The lowest BCUT2D eigenvalue weighted by Gasteiger charge is -2.34. The molecule has 1 N–H and O–H groups in total. The maximum Gasteiger partial charge on any atom is 0.344 e. The molecule has 0 spiro atoms. The molecule has 4 amide bonds. The number of nitrogens with one attached hydrogen (secondary N) is 1. The number of hydrogen-bond donors (Lipinski definition) is 1. The average molecular weight is 871 g/mol. The molecule has 334 valence electrons. The predicted molar refractivity (Wildman–Crippen MR) is 221 cm³/mol. The molecule has 2 aromatic carbocycles. The number of rotatable bonds is 5. The van der Waals surface area contributed by atoms with E-state index in [1.54, 1.807) is 37.8 Å². The Balaban J connectivity index is 0.000000146. The van der Waals surface area contributed by atoms with Gasteiger partial charge in [-0.3, -0.25) is 19.3 Å². The van der Waals surface area contributed by atoms with E-state index in [9.17, 15) is 24.0 Å². The van der Waals surface area contributed by atoms with Crippen LogP contribution in [0.3, 0.4) is 0 Å². The van der Waals surface area contributed by atoms with Gasteiger partial charge in [-0.25, -0.2) is 9.59 Å². The molecular weight excluding hydrogens is 821 g/mol. The van der Waals surface area contributed by atoms with E-state index in [1.807, 2.05) is 18.2 Å². The van der Waals surface area contributed by atoms with Crippen LogP contribution in [0, 0.1) is 0 Å². The molecule has 63 heavy (non-hydrogen) atoms. The summed E-state index contributed by atoms with van der Waals surface area (Å²) in [6.07, 6.45) is 6.74. The van der Waals surface area contributed by atoms with Crippen LogP contribution in [0.25, 0.3) is 0 Å². The molecule has 2 aromatic heterocycles. The number of hydrogen-bond acceptors (Lipinski definition) is 15. The molecule has 6 aliphatic rings. The van der Waals surface area contributed by atoms with Crippen molar-refractivity contribution in [3.8, 4) is 23.0 Å². The first kappa shape index (κ1) is 43.1. The van der Waals surface area contributed by atoms with Crippen LogP contribution in [0.4, 0.5) is 9.59 Å². The molecule has 21 nitrogen and oxygen atoms in total. The molecule has 8 heterocycles. The van der Waals surface area contributed by atoms with Gasteiger partial charge in [0.05, 0.1) is 49.9 Å². The first-order chi connectivity index (χ1) is 30.8. The van der Waals surface area contributed by atoms with Crippen LogP contribution in [-0.4, -0.2) is 193 Å². The highest BCUT2D eigenvalue weighted by Crippen LogP contribution is 2.33. The molecule has 0 saturated carbocycles. The number of carbonyl (C=O) groups is 5. The number of fused-ring (bicyclic) bond motifs is 2. The summed E-state index contributed by atoms with van der Waals surface area (Å²) in [4.78, 5) is 69.5. The van der Waals surface area contributed by atoms with Gasteiger partial charge in [0.1, 0.15) is 6.29 Å². The number of aldehydes is 1. The summed E-state index contributed by atoms with van der Waals surface area (Å²) >= 11 is 0. The van der Waals surface area contributed by atoms with Crippen molar-refractivity contribution in [2.24, 2.45) is 0 Å². The number of morpholine rings is 2. The maximum atomic E-state index is 12.8. The number of ether oxygens (including phenoxy) is 6. The fourth-order valence-electron chi connectivity index (χ4n) is 7.50. The Hall–Kier alpha value is -6.55. The Morgan fingerprint density at radius 2 is 1.06 bits per heavy atom. The van der Waals surface area contributed by atoms with Gasteiger partial charge < -0.3 is 53.3 Å². The van der Waals surface area contributed by atoms with Gasteiger partial charge in [0, 0.05) is 103 Å². The van der Waals surface area contributed by atoms with Crippen molar-refractivity contribution in [1.82, 2.24) is 49.4 Å². The molecule has 4 fully saturated rings. The fourth-order valence-corrected chi connectivity index (χ4v) is 7.50. The van der Waals surface area contributed by atoms with E-state index < -0.39 is 0 Å². The lowest BCUT2D eigenvalue weighted by atomic mass is 10.1. The molecular formula is C42H50N10O11. The summed E-state index contributed by atoms with van der Waals surface area (Å²) in [5.74, 6) is 2.70. The predicted octanol–water partition coefficient (Wildman–Crippen LogP) is 1.33. The number of carbonyl (C=O) groups excluding carboxylic acids is 5. The molecule has 0 radical (unpaired) electrons. The zero-order chi connectivity index (χ0) is 43.5. The maximum absolute atomic E-state index is 12.8. The second-order valence-electron chi connectivity index (χ2n) is 15.1. The smallest absolute Gasteiger partial charge is 0.344 e. The molecule has 0 aliphatic carbocycles. The summed E-state index contributed by atoms with van der Waals surface area (Å²) in [7, 11) is 0. The topological polar surface area (TPSA) is 205 Å². The summed E-state index contributed by atoms with van der Waals surface area (Å²) in [5, 5.41) is 11.4. The lowest BCUT2D eigenvalue weighted by molar-refractivity contribution is 0.0301. The van der Waals surface area contributed by atoms with Crippen molar-refractivity contribution in [3.63, 3.8) is 0 Å². The number of benzene rings is 2. The fraction of sp³-hybridized carbons (Fsp3) is 0.452. The van der Waals surface area contributed by atoms with E-state index in [0.717, 1.165) is 56.1 Å². The Kier molecular flexibility index (Phi) is 14.1. The highest BCUT2D eigenvalue weighted by Gasteiger charge is 2.27. The Labute approximate surface area is 362 Å². The second-order valence-corrected chi connectivity index (χ2v) is 15.1. The average Bonchev–Trinajstić information content (AvgIpc) is 4.20. The summed E-state index contributed by atoms with van der Waals surface area (Å²) in [5.41, 5.74) is 2.63. The van der Waals surface area contributed by atoms with Crippen molar-refractivity contribution in [2.45, 2.75) is 6.54 Å². The first-order valence-corrected chi connectivity index (χ1v) is 20.9. The molecule has 4 saturated heterocycles. The molecule has 6 aliphatic heterocycles. The molecule has 0 bridgehead atoms. The van der Waals surface area contributed by atoms with E-state index in [0.29, 0.717) is 107 Å². The second kappa shape index (κ2) is 20.5. The third-order valence-corrected chi connectivity index (χ3v) is 11.1. The third kappa shape index (κ3) is 10.7. The van der Waals surface area contributed by atoms with Crippen LogP contribution in [0.5, 0.6) is 23.0 Å². The molecule has 21 heteroatoms. The van der Waals surface area contributed by atoms with Crippen molar-refractivity contribution in [1.29, 1.82) is 0 Å². The van der Waals surface area contributed by atoms with Crippen LogP contribution >= 0.6 is 0 Å². The van der Waals surface area contributed by atoms with Crippen molar-refractivity contribution in [3.05, 3.63) is 83.4 Å². The van der Waals surface area contributed by atoms with Gasteiger partial charge in [0.25, 0.3) is 11.8 Å². The minimum Gasteiger partial charge on any atom is -0.454 e. The van der Waals surface area contributed by atoms with Gasteiger partial charge >= 0.3 is 12.1 Å². The molecule has 0 atom stereocenters. The number of piperazine rings is 2. The van der Waals surface area contributed by atoms with E-state index in [-0.39, 0.29) is 37.5 Å². The van der Waals surface area contributed by atoms with Gasteiger partial charge in [-0.1, -0.05) is 6.07 Å². The van der Waals surface area contributed by atoms with Crippen LogP contribution in [0.2, 0.25) is 0 Å². The van der Waals surface area contributed by atoms with E-state index in [4.69, 9.17) is 28.4 Å². The van der Waals surface area contributed by atoms with Crippen molar-refractivity contribution < 1.29 is 52.4 Å². The number of nitrogens with zero attached hydrogens (tertiary/aromatic N) is 9. The minimum atomic E-state index is -0.205. The first-order valence-electron chi connectivity index (χ1n) is 20.9. The summed E-state index contributed by atoms with van der Waals surface area (Å²) in [6.45, 7) is 11.4. The molecule has 0 unspecified atom stereocenters. The highest BCUT2D eigenvalue weighted by atomic mass is 16.7. The summed E-state index contributed by atoms with van der Waals surface area (Å²) in [6, 6.07) is 10.7. The van der Waals surface area contributed by atoms with Crippen LogP contribution in [-0.2, 0) is 16.0 Å².